The number of hydrogen-bond donors (Lipinski definition) is 2. The van der Waals surface area contributed by atoms with Crippen LogP contribution in [0.5, 0.6) is 11.5 Å². The molecule has 182 valence electrons. The Morgan fingerprint density at radius 1 is 1.14 bits per heavy atom. The molecule has 4 rings (SSSR count). The van der Waals surface area contributed by atoms with E-state index in [9.17, 15) is 14.7 Å². The Labute approximate surface area is 209 Å². The fraction of sp³-hybridized carbons (Fsp3) is 0.259. The molecule has 0 radical (unpaired) electrons. The second-order valence-electron chi connectivity index (χ2n) is 9.00. The van der Waals surface area contributed by atoms with Gasteiger partial charge in [-0.2, -0.15) is 0 Å². The number of anilines is 2. The maximum atomic E-state index is 12.7. The Kier molecular flexibility index (Phi) is 6.89. The second kappa shape index (κ2) is 9.88. The van der Waals surface area contributed by atoms with Gasteiger partial charge < -0.3 is 24.8 Å². The van der Waals surface area contributed by atoms with Crippen LogP contribution < -0.4 is 19.7 Å². The van der Waals surface area contributed by atoms with Gasteiger partial charge in [-0.25, -0.2) is 0 Å². The van der Waals surface area contributed by atoms with Crippen molar-refractivity contribution in [1.29, 1.82) is 0 Å². The number of rotatable bonds is 7. The Morgan fingerprint density at radius 3 is 2.57 bits per heavy atom. The molecule has 0 unspecified atom stereocenters. The second-order valence-corrected chi connectivity index (χ2v) is 9.41. The van der Waals surface area contributed by atoms with Gasteiger partial charge in [-0.05, 0) is 74.0 Å². The van der Waals surface area contributed by atoms with Gasteiger partial charge in [0.25, 0.3) is 5.91 Å². The Bertz CT molecular complexity index is 1240. The zero-order chi connectivity index (χ0) is 25.2. The summed E-state index contributed by atoms with van der Waals surface area (Å²) in [6.45, 7) is 4.21. The van der Waals surface area contributed by atoms with Crippen molar-refractivity contribution in [3.63, 3.8) is 0 Å². The molecule has 1 amide bonds. The maximum absolute atomic E-state index is 12.7. The fourth-order valence-electron chi connectivity index (χ4n) is 3.87. The zero-order valence-corrected chi connectivity index (χ0v) is 20.5. The van der Waals surface area contributed by atoms with Gasteiger partial charge in [-0.3, -0.25) is 9.59 Å². The highest BCUT2D eigenvalue weighted by Crippen LogP contribution is 2.33. The lowest BCUT2D eigenvalue weighted by atomic mass is 9.84. The number of carboxylic acid groups (broad SMARTS) is 1. The van der Waals surface area contributed by atoms with E-state index >= 15 is 0 Å². The van der Waals surface area contributed by atoms with Crippen molar-refractivity contribution >= 4 is 34.9 Å². The summed E-state index contributed by atoms with van der Waals surface area (Å²) >= 11 is 6.21. The van der Waals surface area contributed by atoms with Crippen molar-refractivity contribution in [2.24, 2.45) is 0 Å². The first-order valence-corrected chi connectivity index (χ1v) is 11.6. The third kappa shape index (κ3) is 5.35. The minimum Gasteiger partial charge on any atom is -0.490 e. The molecule has 0 spiro atoms. The number of benzene rings is 3. The highest BCUT2D eigenvalue weighted by atomic mass is 35.5. The molecule has 2 N–H and O–H groups in total. The summed E-state index contributed by atoms with van der Waals surface area (Å²) in [5, 5.41) is 12.6. The van der Waals surface area contributed by atoms with Gasteiger partial charge in [0.05, 0.1) is 17.6 Å². The number of aliphatic carboxylic acids is 1. The normalized spacial score (nSPS) is 15.1. The molecule has 7 nitrogen and oxygen atoms in total. The number of fused-ring (bicyclic) bond motifs is 1. The molecule has 0 bridgehead atoms. The minimum atomic E-state index is -1.20. The highest BCUT2D eigenvalue weighted by Gasteiger charge is 2.32. The van der Waals surface area contributed by atoms with Crippen molar-refractivity contribution in [3.8, 4) is 11.5 Å². The largest absolute Gasteiger partial charge is 0.490 e. The van der Waals surface area contributed by atoms with Crippen LogP contribution in [-0.4, -0.2) is 43.3 Å². The van der Waals surface area contributed by atoms with Gasteiger partial charge in [0.15, 0.2) is 0 Å². The van der Waals surface area contributed by atoms with E-state index in [-0.39, 0.29) is 12.0 Å². The monoisotopic (exact) mass is 494 g/mol. The summed E-state index contributed by atoms with van der Waals surface area (Å²) in [7, 11) is 2.02. The van der Waals surface area contributed by atoms with Gasteiger partial charge in [0.2, 0.25) is 0 Å². The summed E-state index contributed by atoms with van der Waals surface area (Å²) in [5.74, 6) is 0.127. The summed E-state index contributed by atoms with van der Waals surface area (Å²) < 4.78 is 11.9. The molecule has 0 aliphatic carbocycles. The van der Waals surface area contributed by atoms with Gasteiger partial charge in [0, 0.05) is 23.3 Å². The number of hydrogen-bond acceptors (Lipinski definition) is 5. The van der Waals surface area contributed by atoms with Crippen LogP contribution >= 0.6 is 11.6 Å². The van der Waals surface area contributed by atoms with Gasteiger partial charge >= 0.3 is 5.97 Å². The van der Waals surface area contributed by atoms with Crippen LogP contribution in [0.3, 0.4) is 0 Å². The third-order valence-electron chi connectivity index (χ3n) is 6.03. The van der Waals surface area contributed by atoms with E-state index in [1.807, 2.05) is 31.3 Å². The van der Waals surface area contributed by atoms with Crippen LogP contribution in [0.25, 0.3) is 0 Å². The SMILES string of the molecule is CN1C[C@@H](COc2ccc(C(=O)Nc3ccc(Cl)c(C(C)(C)C(=O)O)c3)cc2)Oc2ccccc21. The molecule has 3 aromatic rings. The Morgan fingerprint density at radius 2 is 1.86 bits per heavy atom. The van der Waals surface area contributed by atoms with Crippen molar-refractivity contribution in [2.45, 2.75) is 25.4 Å². The number of carboxylic acids is 1. The predicted octanol–water partition coefficient (Wildman–Crippen LogP) is 5.23. The first-order chi connectivity index (χ1) is 16.6. The number of carbonyl (C=O) groups is 2. The number of nitrogens with one attached hydrogen (secondary N) is 1. The molecule has 0 fully saturated rings. The summed E-state index contributed by atoms with van der Waals surface area (Å²) in [4.78, 5) is 26.5. The van der Waals surface area contributed by atoms with Crippen LogP contribution in [-0.2, 0) is 10.2 Å². The molecule has 1 aliphatic heterocycles. The van der Waals surface area contributed by atoms with Gasteiger partial charge in [-0.15, -0.1) is 0 Å². The van der Waals surface area contributed by atoms with Crippen molar-refractivity contribution in [1.82, 2.24) is 0 Å². The van der Waals surface area contributed by atoms with Crippen LogP contribution in [0.15, 0.2) is 66.7 Å². The van der Waals surface area contributed by atoms with Gasteiger partial charge in [-0.1, -0.05) is 23.7 Å². The standard InChI is InChI=1S/C27H27ClN2O5/c1-27(2,26(32)33)21-14-18(10-13-22(21)28)29-25(31)17-8-11-19(12-9-17)34-16-20-15-30(3)23-6-4-5-7-24(23)35-20/h4-14,20H,15-16H2,1-3H3,(H,29,31)(H,32,33)/t20-/m0/s1. The van der Waals surface area contributed by atoms with E-state index in [1.165, 1.54) is 0 Å². The molecule has 1 atom stereocenters. The molecule has 3 aromatic carbocycles. The molecular weight excluding hydrogens is 468 g/mol. The van der Waals surface area contributed by atoms with Crippen molar-refractivity contribution < 1.29 is 24.2 Å². The number of ether oxygens (including phenoxy) is 2. The molecule has 8 heteroatoms. The number of likely N-dealkylation sites (N-methyl/N-ethyl adjacent to an activating group) is 1. The number of amides is 1. The lowest BCUT2D eigenvalue weighted by Crippen LogP contribution is -2.41. The first-order valence-electron chi connectivity index (χ1n) is 11.2. The van der Waals surface area contributed by atoms with E-state index in [0.717, 1.165) is 11.4 Å². The molecule has 1 heterocycles. The van der Waals surface area contributed by atoms with E-state index < -0.39 is 11.4 Å². The molecule has 1 aliphatic rings. The molecule has 0 aromatic heterocycles. The predicted molar refractivity (Wildman–Crippen MR) is 136 cm³/mol. The van der Waals surface area contributed by atoms with Crippen LogP contribution in [0.4, 0.5) is 11.4 Å². The van der Waals surface area contributed by atoms with Crippen LogP contribution in [0.2, 0.25) is 5.02 Å². The zero-order valence-electron chi connectivity index (χ0n) is 19.7. The van der Waals surface area contributed by atoms with E-state index in [4.69, 9.17) is 21.1 Å². The molecule has 0 saturated heterocycles. The Balaban J connectivity index is 1.37. The average Bonchev–Trinajstić information content (AvgIpc) is 2.84. The summed E-state index contributed by atoms with van der Waals surface area (Å²) in [6, 6.07) is 19.5. The van der Waals surface area contributed by atoms with Gasteiger partial charge in [0.1, 0.15) is 24.2 Å². The number of halogens is 1. The van der Waals surface area contributed by atoms with E-state index in [2.05, 4.69) is 10.2 Å². The van der Waals surface area contributed by atoms with Crippen LogP contribution in [0, 0.1) is 0 Å². The smallest absolute Gasteiger partial charge is 0.313 e. The quantitative estimate of drug-likeness (QED) is 0.467. The lowest BCUT2D eigenvalue weighted by molar-refractivity contribution is -0.142. The number of carbonyl (C=O) groups excluding carboxylic acids is 1. The molecular formula is C27H27ClN2O5. The lowest BCUT2D eigenvalue weighted by Gasteiger charge is -2.33. The van der Waals surface area contributed by atoms with Crippen molar-refractivity contribution in [3.05, 3.63) is 82.9 Å². The highest BCUT2D eigenvalue weighted by molar-refractivity contribution is 6.32. The molecule has 35 heavy (non-hydrogen) atoms. The van der Waals surface area contributed by atoms with E-state index in [0.29, 0.717) is 40.7 Å². The van der Waals surface area contributed by atoms with Crippen LogP contribution in [0.1, 0.15) is 29.8 Å². The summed E-state index contributed by atoms with van der Waals surface area (Å²) in [6.07, 6.45) is -0.118. The summed E-state index contributed by atoms with van der Waals surface area (Å²) in [5.41, 5.74) is 1.18. The molecule has 0 saturated carbocycles. The number of nitrogens with zero attached hydrogens (tertiary/aromatic N) is 1. The number of para-hydroxylation sites is 2. The van der Waals surface area contributed by atoms with Crippen molar-refractivity contribution in [2.75, 3.05) is 30.4 Å². The average molecular weight is 495 g/mol. The topological polar surface area (TPSA) is 88.1 Å². The fourth-order valence-corrected chi connectivity index (χ4v) is 4.23. The van der Waals surface area contributed by atoms with E-state index in [1.54, 1.807) is 56.3 Å². The Hall–Kier alpha value is -3.71. The third-order valence-corrected chi connectivity index (χ3v) is 6.36. The maximum Gasteiger partial charge on any atom is 0.313 e. The minimum absolute atomic E-state index is 0.118. The first kappa shape index (κ1) is 24.4.